The lowest BCUT2D eigenvalue weighted by Gasteiger charge is -1.97. The molecule has 0 aliphatic rings. The lowest BCUT2D eigenvalue weighted by molar-refractivity contribution is -0.117. The first-order valence-electron chi connectivity index (χ1n) is 2.77. The summed E-state index contributed by atoms with van der Waals surface area (Å²) in [6.45, 7) is 1.72. The number of carbonyl (C=O) groups is 1. The zero-order valence-electron chi connectivity index (χ0n) is 5.57. The fourth-order valence-electron chi connectivity index (χ4n) is 0.448. The van der Waals surface area contributed by atoms with Gasteiger partial charge in [-0.3, -0.25) is 4.79 Å². The Hall–Kier alpha value is -0.860. The molecule has 0 aromatic rings. The van der Waals surface area contributed by atoms with Crippen LogP contribution in [0.1, 0.15) is 13.3 Å². The van der Waals surface area contributed by atoms with Gasteiger partial charge in [0, 0.05) is 12.6 Å². The van der Waals surface area contributed by atoms with E-state index < -0.39 is 0 Å². The minimum absolute atomic E-state index is 0.178. The van der Waals surface area contributed by atoms with Crippen LogP contribution in [0.15, 0.2) is 11.9 Å². The van der Waals surface area contributed by atoms with Gasteiger partial charge in [0.2, 0.25) is 5.91 Å². The third kappa shape index (κ3) is 2.26. The van der Waals surface area contributed by atoms with E-state index in [1.54, 1.807) is 6.92 Å². The van der Waals surface area contributed by atoms with E-state index in [9.17, 15) is 9.18 Å². The molecule has 0 saturated carbocycles. The third-order valence-electron chi connectivity index (χ3n) is 1.03. The number of rotatable bonds is 2. The fourth-order valence-corrected chi connectivity index (χ4v) is 0.448. The molecule has 0 aliphatic heterocycles. The topological polar surface area (TPSA) is 29.1 Å². The van der Waals surface area contributed by atoms with E-state index in [-0.39, 0.29) is 11.5 Å². The van der Waals surface area contributed by atoms with Gasteiger partial charge in [0.15, 0.2) is 0 Å². The van der Waals surface area contributed by atoms with Crippen LogP contribution in [0.5, 0.6) is 0 Å². The van der Waals surface area contributed by atoms with Crippen LogP contribution >= 0.6 is 0 Å². The molecule has 0 radical (unpaired) electrons. The molecular formula is C6H10FNO. The van der Waals surface area contributed by atoms with Crippen LogP contribution in [0.4, 0.5) is 4.39 Å². The number of likely N-dealkylation sites (N-methyl/N-ethyl adjacent to an activating group) is 1. The molecule has 0 spiro atoms. The zero-order chi connectivity index (χ0) is 7.28. The van der Waals surface area contributed by atoms with Crippen molar-refractivity contribution in [2.45, 2.75) is 13.3 Å². The second-order valence-electron chi connectivity index (χ2n) is 1.57. The monoisotopic (exact) mass is 131 g/mol. The van der Waals surface area contributed by atoms with Crippen LogP contribution < -0.4 is 5.32 Å². The van der Waals surface area contributed by atoms with E-state index >= 15 is 0 Å². The highest BCUT2D eigenvalue weighted by molar-refractivity contribution is 5.92. The number of hydrogen-bond acceptors (Lipinski definition) is 1. The Kier molecular flexibility index (Phi) is 3.67. The molecule has 3 heteroatoms. The van der Waals surface area contributed by atoms with Gasteiger partial charge in [0.05, 0.1) is 6.33 Å². The molecule has 0 aromatic carbocycles. The van der Waals surface area contributed by atoms with Gasteiger partial charge in [0.25, 0.3) is 0 Å². The minimum Gasteiger partial charge on any atom is -0.355 e. The molecule has 0 bridgehead atoms. The largest absolute Gasteiger partial charge is 0.355 e. The molecule has 1 amide bonds. The summed E-state index contributed by atoms with van der Waals surface area (Å²) in [5, 5.41) is 2.32. The molecule has 9 heavy (non-hydrogen) atoms. The van der Waals surface area contributed by atoms with Gasteiger partial charge < -0.3 is 5.32 Å². The highest BCUT2D eigenvalue weighted by atomic mass is 19.1. The van der Waals surface area contributed by atoms with E-state index in [1.165, 1.54) is 7.05 Å². The number of amides is 1. The summed E-state index contributed by atoms with van der Waals surface area (Å²) in [5.74, 6) is -0.347. The quantitative estimate of drug-likeness (QED) is 0.556. The minimum atomic E-state index is -0.347. The zero-order valence-corrected chi connectivity index (χ0v) is 5.57. The van der Waals surface area contributed by atoms with Gasteiger partial charge >= 0.3 is 0 Å². The summed E-state index contributed by atoms with van der Waals surface area (Å²) < 4.78 is 11.7. The van der Waals surface area contributed by atoms with Crippen LogP contribution in [0.3, 0.4) is 0 Å². The van der Waals surface area contributed by atoms with Crippen LogP contribution in [0, 0.1) is 0 Å². The van der Waals surface area contributed by atoms with E-state index in [0.717, 1.165) is 0 Å². The molecule has 2 nitrogen and oxygen atoms in total. The maximum absolute atomic E-state index is 11.7. The van der Waals surface area contributed by atoms with Crippen molar-refractivity contribution in [3.63, 3.8) is 0 Å². The highest BCUT2D eigenvalue weighted by Gasteiger charge is 2.02. The average molecular weight is 131 g/mol. The van der Waals surface area contributed by atoms with Gasteiger partial charge in [-0.2, -0.15) is 0 Å². The van der Waals surface area contributed by atoms with Crippen LogP contribution in [-0.4, -0.2) is 13.0 Å². The van der Waals surface area contributed by atoms with Crippen molar-refractivity contribution >= 4 is 5.91 Å². The number of nitrogens with one attached hydrogen (secondary N) is 1. The lowest BCUT2D eigenvalue weighted by atomic mass is 10.2. The Morgan fingerprint density at radius 2 is 2.33 bits per heavy atom. The normalized spacial score (nSPS) is 11.2. The maximum atomic E-state index is 11.7. The standard InChI is InChI=1S/C6H10FNO/c1-3-5(4-7)6(9)8-2/h4H,3H2,1-2H3,(H,8,9). The first-order valence-corrected chi connectivity index (χ1v) is 2.77. The highest BCUT2D eigenvalue weighted by Crippen LogP contribution is 1.99. The van der Waals surface area contributed by atoms with E-state index in [1.807, 2.05) is 0 Å². The second-order valence-corrected chi connectivity index (χ2v) is 1.57. The van der Waals surface area contributed by atoms with Crippen molar-refractivity contribution in [1.82, 2.24) is 5.32 Å². The van der Waals surface area contributed by atoms with Crippen molar-refractivity contribution in [2.75, 3.05) is 7.05 Å². The van der Waals surface area contributed by atoms with Crippen molar-refractivity contribution in [3.8, 4) is 0 Å². The molecule has 0 rings (SSSR count). The lowest BCUT2D eigenvalue weighted by Crippen LogP contribution is -2.19. The number of halogens is 1. The number of carbonyl (C=O) groups excluding carboxylic acids is 1. The van der Waals surface area contributed by atoms with Crippen molar-refractivity contribution < 1.29 is 9.18 Å². The summed E-state index contributed by atoms with van der Waals surface area (Å²) in [6, 6.07) is 0. The molecule has 0 unspecified atom stereocenters. The predicted molar refractivity (Wildman–Crippen MR) is 33.5 cm³/mol. The smallest absolute Gasteiger partial charge is 0.249 e. The Morgan fingerprint density at radius 3 is 2.44 bits per heavy atom. The summed E-state index contributed by atoms with van der Waals surface area (Å²) >= 11 is 0. The van der Waals surface area contributed by atoms with Crippen LogP contribution in [0.2, 0.25) is 0 Å². The molecule has 1 N–H and O–H groups in total. The molecule has 0 fully saturated rings. The number of hydrogen-bond donors (Lipinski definition) is 1. The Labute approximate surface area is 53.8 Å². The molecule has 0 saturated heterocycles. The molecule has 0 aromatic heterocycles. The van der Waals surface area contributed by atoms with Gasteiger partial charge in [-0.15, -0.1) is 0 Å². The van der Waals surface area contributed by atoms with Crippen molar-refractivity contribution in [2.24, 2.45) is 0 Å². The van der Waals surface area contributed by atoms with Crippen LogP contribution in [0.25, 0.3) is 0 Å². The summed E-state index contributed by atoms with van der Waals surface area (Å²) in [5.41, 5.74) is 0.178. The Balaban J connectivity index is 3.97. The average Bonchev–Trinajstić information content (AvgIpc) is 1.90. The van der Waals surface area contributed by atoms with Gasteiger partial charge in [-0.25, -0.2) is 4.39 Å². The van der Waals surface area contributed by atoms with E-state index in [0.29, 0.717) is 12.8 Å². The summed E-state index contributed by atoms with van der Waals surface area (Å²) in [7, 11) is 1.47. The molecular weight excluding hydrogens is 121 g/mol. The van der Waals surface area contributed by atoms with Crippen LogP contribution in [-0.2, 0) is 4.79 Å². The van der Waals surface area contributed by atoms with Crippen molar-refractivity contribution in [1.29, 1.82) is 0 Å². The van der Waals surface area contributed by atoms with Crippen molar-refractivity contribution in [3.05, 3.63) is 11.9 Å². The SMILES string of the molecule is CCC(=CF)C(=O)NC. The summed E-state index contributed by atoms with van der Waals surface area (Å²) in [6.07, 6.45) is 0.759. The first-order chi connectivity index (χ1) is 4.26. The summed E-state index contributed by atoms with van der Waals surface area (Å²) in [4.78, 5) is 10.6. The fraction of sp³-hybridized carbons (Fsp3) is 0.500. The van der Waals surface area contributed by atoms with Gasteiger partial charge in [0.1, 0.15) is 0 Å². The molecule has 0 heterocycles. The Morgan fingerprint density at radius 1 is 1.78 bits per heavy atom. The van der Waals surface area contributed by atoms with Gasteiger partial charge in [-0.05, 0) is 6.42 Å². The maximum Gasteiger partial charge on any atom is 0.249 e. The predicted octanol–water partition coefficient (Wildman–Crippen LogP) is 0.996. The Bertz CT molecular complexity index is 131. The van der Waals surface area contributed by atoms with Gasteiger partial charge in [-0.1, -0.05) is 6.92 Å². The molecule has 0 atom stereocenters. The van der Waals surface area contributed by atoms with E-state index in [2.05, 4.69) is 5.32 Å². The molecule has 0 aliphatic carbocycles. The third-order valence-corrected chi connectivity index (χ3v) is 1.03. The first kappa shape index (κ1) is 8.14. The van der Waals surface area contributed by atoms with E-state index in [4.69, 9.17) is 0 Å². The molecule has 52 valence electrons. The second kappa shape index (κ2) is 4.06.